The molecule has 0 saturated heterocycles. The molecule has 0 amide bonds. The maximum atomic E-state index is 13.8. The van der Waals surface area contributed by atoms with Crippen molar-refractivity contribution in [3.05, 3.63) is 86.8 Å². The molecule has 1 aliphatic heterocycles. The van der Waals surface area contributed by atoms with Gasteiger partial charge in [0.15, 0.2) is 0 Å². The van der Waals surface area contributed by atoms with Gasteiger partial charge in [-0.15, -0.1) is 0 Å². The Morgan fingerprint density at radius 3 is 2.46 bits per heavy atom. The second-order valence-corrected chi connectivity index (χ2v) is 14.0. The van der Waals surface area contributed by atoms with Crippen molar-refractivity contribution in [3.63, 3.8) is 0 Å². The maximum absolute atomic E-state index is 13.8. The third-order valence-electron chi connectivity index (χ3n) is 10.9. The largest absolute Gasteiger partial charge is 0.482 e. The van der Waals surface area contributed by atoms with Crippen LogP contribution in [0.1, 0.15) is 75.9 Å². The smallest absolute Gasteiger partial charge is 0.345 e. The molecule has 2 fully saturated rings. The van der Waals surface area contributed by atoms with Crippen molar-refractivity contribution in [1.29, 1.82) is 0 Å². The topological polar surface area (TPSA) is 200 Å². The number of fused-ring (bicyclic) bond motifs is 4. The average Bonchev–Trinajstić information content (AvgIpc) is 3.06. The lowest BCUT2D eigenvalue weighted by Crippen LogP contribution is -2.71. The molecular weight excluding hydrogens is 648 g/mol. The Hall–Kier alpha value is -5.20. The molecule has 6 rings (SSSR count). The molecule has 8 atom stereocenters. The zero-order valence-electron chi connectivity index (χ0n) is 28.3. The highest BCUT2D eigenvalue weighted by Gasteiger charge is 2.71. The lowest BCUT2D eigenvalue weighted by Gasteiger charge is -2.66. The summed E-state index contributed by atoms with van der Waals surface area (Å²) in [5.41, 5.74) is 5.72. The van der Waals surface area contributed by atoms with E-state index in [1.807, 2.05) is 13.8 Å². The fourth-order valence-corrected chi connectivity index (χ4v) is 8.75. The minimum atomic E-state index is -1.43. The SMILES string of the molecule is CC(=O)OC[C@@]1(C)C2C[C@H](OC(=O)c3ccc(N=[N+]=[N-])cc3)[C@@]3(C)Oc4cc(-c5cccnc5)oc(=O)c4C(O)C3[C@@]2(C)CC[C@@H]1OC(C)=O. The van der Waals surface area contributed by atoms with Crippen molar-refractivity contribution < 1.29 is 42.9 Å². The predicted molar refractivity (Wildman–Crippen MR) is 176 cm³/mol. The highest BCUT2D eigenvalue weighted by atomic mass is 16.6. The van der Waals surface area contributed by atoms with Gasteiger partial charge < -0.3 is 28.5 Å². The van der Waals surface area contributed by atoms with Crippen molar-refractivity contribution in [2.45, 2.75) is 77.8 Å². The van der Waals surface area contributed by atoms with Crippen molar-refractivity contribution in [2.24, 2.45) is 27.8 Å². The number of aromatic nitrogens is 1. The number of hydrogen-bond acceptors (Lipinski definition) is 12. The van der Waals surface area contributed by atoms with E-state index in [0.717, 1.165) is 0 Å². The van der Waals surface area contributed by atoms with Crippen LogP contribution in [0.3, 0.4) is 0 Å². The summed E-state index contributed by atoms with van der Waals surface area (Å²) in [6.45, 7) is 8.08. The minimum absolute atomic E-state index is 0.0653. The summed E-state index contributed by atoms with van der Waals surface area (Å²) >= 11 is 0. The Labute approximate surface area is 287 Å². The molecule has 50 heavy (non-hydrogen) atoms. The highest BCUT2D eigenvalue weighted by Crippen LogP contribution is 2.67. The number of azide groups is 1. The molecule has 1 aromatic carbocycles. The molecule has 14 nitrogen and oxygen atoms in total. The number of hydrogen-bond donors (Lipinski definition) is 1. The molecule has 3 aliphatic rings. The maximum Gasteiger partial charge on any atom is 0.345 e. The Bertz CT molecular complexity index is 1930. The van der Waals surface area contributed by atoms with E-state index in [0.29, 0.717) is 24.1 Å². The summed E-state index contributed by atoms with van der Waals surface area (Å²) in [5.74, 6) is -2.80. The first-order valence-corrected chi connectivity index (χ1v) is 16.3. The second kappa shape index (κ2) is 12.9. The van der Waals surface area contributed by atoms with Gasteiger partial charge in [0.05, 0.1) is 11.7 Å². The zero-order chi connectivity index (χ0) is 36.0. The average molecular weight is 687 g/mol. The molecule has 2 saturated carbocycles. The zero-order valence-corrected chi connectivity index (χ0v) is 28.3. The molecule has 0 spiro atoms. The van der Waals surface area contributed by atoms with E-state index in [2.05, 4.69) is 15.0 Å². The van der Waals surface area contributed by atoms with E-state index in [1.165, 1.54) is 50.4 Å². The number of nitrogens with zero attached hydrogens (tertiary/aromatic N) is 4. The first-order chi connectivity index (χ1) is 23.7. The van der Waals surface area contributed by atoms with Gasteiger partial charge >= 0.3 is 23.5 Å². The van der Waals surface area contributed by atoms with Crippen LogP contribution in [0.15, 0.2) is 69.2 Å². The highest BCUT2D eigenvalue weighted by molar-refractivity contribution is 5.90. The van der Waals surface area contributed by atoms with Crippen molar-refractivity contribution in [3.8, 4) is 17.1 Å². The molecule has 14 heteroatoms. The minimum Gasteiger partial charge on any atom is -0.482 e. The third kappa shape index (κ3) is 5.88. The summed E-state index contributed by atoms with van der Waals surface area (Å²) in [5, 5.41) is 15.9. The van der Waals surface area contributed by atoms with E-state index in [1.54, 1.807) is 25.3 Å². The Balaban J connectivity index is 1.49. The number of rotatable bonds is 7. The number of ether oxygens (including phenoxy) is 4. The number of carbonyl (C=O) groups is 3. The van der Waals surface area contributed by atoms with E-state index in [4.69, 9.17) is 28.9 Å². The summed E-state index contributed by atoms with van der Waals surface area (Å²) in [7, 11) is 0. The number of benzene rings is 1. The summed E-state index contributed by atoms with van der Waals surface area (Å²) in [6.07, 6.45) is 0.953. The van der Waals surface area contributed by atoms with Crippen LogP contribution in [0.4, 0.5) is 5.69 Å². The molecule has 3 aromatic rings. The van der Waals surface area contributed by atoms with Gasteiger partial charge in [0.25, 0.3) is 0 Å². The van der Waals surface area contributed by atoms with Crippen molar-refractivity contribution in [1.82, 2.24) is 4.98 Å². The standard InChI is InChI=1S/C36H38N4O10/c1-19(41)46-18-35(4)26-16-28(49-32(44)21-8-10-23(11-9-21)39-40-37)36(5)31(34(26,3)13-12-27(35)47-20(2)42)30(43)29-25(50-36)15-24(48-33(29)45)22-7-6-14-38-17-22/h6-11,14-15,17,26-28,30-31,43H,12-13,16,18H2,1-5H3/t26?,27-,28-,30?,31?,34-,35-,36+/m0/s1. The van der Waals surface area contributed by atoms with Crippen molar-refractivity contribution in [2.75, 3.05) is 6.61 Å². The van der Waals surface area contributed by atoms with Gasteiger partial charge in [-0.1, -0.05) is 31.1 Å². The van der Waals surface area contributed by atoms with Gasteiger partial charge in [0.1, 0.15) is 41.5 Å². The van der Waals surface area contributed by atoms with Crippen LogP contribution in [0.5, 0.6) is 5.75 Å². The molecular formula is C36H38N4O10. The first kappa shape index (κ1) is 34.7. The monoisotopic (exact) mass is 686 g/mol. The summed E-state index contributed by atoms with van der Waals surface area (Å²) in [6, 6.07) is 10.8. The summed E-state index contributed by atoms with van der Waals surface area (Å²) in [4.78, 5) is 58.8. The molecule has 0 bridgehead atoms. The van der Waals surface area contributed by atoms with E-state index >= 15 is 0 Å². The number of pyridine rings is 1. The fraction of sp³-hybridized carbons (Fsp3) is 0.472. The molecule has 2 aliphatic carbocycles. The lowest BCUT2D eigenvalue weighted by atomic mass is 9.42. The number of aliphatic hydroxyl groups is 1. The Kier molecular flexibility index (Phi) is 8.96. The number of aliphatic hydroxyl groups excluding tert-OH is 1. The van der Waals surface area contributed by atoms with Crippen LogP contribution >= 0.6 is 0 Å². The van der Waals surface area contributed by atoms with Crippen LogP contribution in [0.25, 0.3) is 21.8 Å². The molecule has 3 heterocycles. The van der Waals surface area contributed by atoms with Crippen molar-refractivity contribution >= 4 is 23.6 Å². The normalized spacial score (nSPS) is 31.0. The first-order valence-electron chi connectivity index (χ1n) is 16.3. The Morgan fingerprint density at radius 2 is 1.82 bits per heavy atom. The molecule has 1 N–H and O–H groups in total. The van der Waals surface area contributed by atoms with Gasteiger partial charge in [-0.25, -0.2) is 9.59 Å². The number of carbonyl (C=O) groups excluding carboxylic acids is 3. The third-order valence-corrected chi connectivity index (χ3v) is 10.9. The lowest BCUT2D eigenvalue weighted by molar-refractivity contribution is -0.266. The van der Waals surface area contributed by atoms with Gasteiger partial charge in [0, 0.05) is 59.8 Å². The van der Waals surface area contributed by atoms with Gasteiger partial charge in [-0.2, -0.15) is 0 Å². The van der Waals surface area contributed by atoms with E-state index in [9.17, 15) is 24.3 Å². The molecule has 262 valence electrons. The van der Waals surface area contributed by atoms with Crippen LogP contribution in [-0.2, 0) is 23.8 Å². The van der Waals surface area contributed by atoms with E-state index in [-0.39, 0.29) is 35.7 Å². The fourth-order valence-electron chi connectivity index (χ4n) is 8.75. The van der Waals surface area contributed by atoms with Gasteiger partial charge in [0.2, 0.25) is 0 Å². The van der Waals surface area contributed by atoms with Crippen LogP contribution < -0.4 is 10.4 Å². The van der Waals surface area contributed by atoms with E-state index < -0.39 is 70.1 Å². The van der Waals surface area contributed by atoms with Gasteiger partial charge in [-0.3, -0.25) is 14.6 Å². The quantitative estimate of drug-likeness (QED) is 0.101. The predicted octanol–water partition coefficient (Wildman–Crippen LogP) is 5.99. The Morgan fingerprint density at radius 1 is 1.08 bits per heavy atom. The molecule has 3 unspecified atom stereocenters. The van der Waals surface area contributed by atoms with Crippen LogP contribution in [-0.4, -0.2) is 52.4 Å². The van der Waals surface area contributed by atoms with Crippen LogP contribution in [0.2, 0.25) is 0 Å². The second-order valence-electron chi connectivity index (χ2n) is 14.0. The van der Waals surface area contributed by atoms with Gasteiger partial charge in [-0.05, 0) is 67.3 Å². The molecule has 2 aromatic heterocycles. The number of esters is 3. The molecule has 0 radical (unpaired) electrons. The van der Waals surface area contributed by atoms with Crippen LogP contribution in [0, 0.1) is 22.7 Å². The summed E-state index contributed by atoms with van der Waals surface area (Å²) < 4.78 is 30.2.